The van der Waals surface area contributed by atoms with E-state index in [1.165, 1.54) is 23.5 Å². The third-order valence-electron chi connectivity index (χ3n) is 5.02. The molecule has 3 heterocycles. The number of hydrogen-bond acceptors (Lipinski definition) is 9. The average molecular weight is 526 g/mol. The monoisotopic (exact) mass is 525 g/mol. The van der Waals surface area contributed by atoms with E-state index >= 15 is 0 Å². The summed E-state index contributed by atoms with van der Waals surface area (Å²) < 4.78 is 39.0. The number of rotatable bonds is 6. The maximum absolute atomic E-state index is 11.8. The van der Waals surface area contributed by atoms with Crippen molar-refractivity contribution >= 4 is 34.5 Å². The lowest BCUT2D eigenvalue weighted by molar-refractivity contribution is -0.274. The van der Waals surface area contributed by atoms with Gasteiger partial charge in [0.15, 0.2) is 11.6 Å². The summed E-state index contributed by atoms with van der Waals surface area (Å²) in [4.78, 5) is 12.5. The van der Waals surface area contributed by atoms with E-state index in [1.54, 1.807) is 18.2 Å². The third kappa shape index (κ3) is 9.29. The lowest BCUT2D eigenvalue weighted by Gasteiger charge is -2.31. The second-order valence-corrected chi connectivity index (χ2v) is 8.37. The summed E-state index contributed by atoms with van der Waals surface area (Å²) >= 11 is 1.47. The number of nitrogen functional groups attached to an aromatic ring is 1. The number of nitrogens with zero attached hydrogens (tertiary/aromatic N) is 5. The Morgan fingerprint density at radius 2 is 1.86 bits per heavy atom. The SMILES string of the molecule is CC.CCc1cccc(OC(F)(F)F)c1.Nc1nnc(C2CCN(c3ccc(NC=O)nn3)CC2)s1. The standard InChI is InChI=1S/C12H15N7OS.C9H9F3O.C2H6/c13-12-18-17-11(21-12)8-3-5-19(6-4-8)10-2-1-9(14-7-20)15-16-10;1-2-7-4-3-5-8(6-7)13-9(10,11)12;1-2/h1-2,7-8H,3-6H2,(H2,13,18)(H,14,15,20);3-6H,2H2,1H3;1-2H3. The van der Waals surface area contributed by atoms with Crippen LogP contribution in [0.15, 0.2) is 36.4 Å². The summed E-state index contributed by atoms with van der Waals surface area (Å²) in [5.74, 6) is 1.53. The van der Waals surface area contributed by atoms with Gasteiger partial charge in [-0.05, 0) is 49.1 Å². The second-order valence-electron chi connectivity index (χ2n) is 7.33. The summed E-state index contributed by atoms with van der Waals surface area (Å²) in [5, 5.41) is 20.1. The highest BCUT2D eigenvalue weighted by Gasteiger charge is 2.31. The molecule has 2 aromatic heterocycles. The van der Waals surface area contributed by atoms with Gasteiger partial charge in [0.2, 0.25) is 11.5 Å². The molecular formula is C23H30F3N7O2S. The second kappa shape index (κ2) is 14.2. The van der Waals surface area contributed by atoms with Crippen LogP contribution in [0.25, 0.3) is 0 Å². The lowest BCUT2D eigenvalue weighted by atomic mass is 9.98. The molecule has 0 atom stereocenters. The Kier molecular flexibility index (Phi) is 11.3. The van der Waals surface area contributed by atoms with Crippen molar-refractivity contribution in [2.45, 2.75) is 52.3 Å². The minimum atomic E-state index is -4.60. The van der Waals surface area contributed by atoms with Crippen LogP contribution >= 0.6 is 11.3 Å². The normalized spacial score (nSPS) is 13.6. The fraction of sp³-hybridized carbons (Fsp3) is 0.435. The van der Waals surface area contributed by atoms with E-state index in [4.69, 9.17) is 5.73 Å². The number of anilines is 3. The number of amides is 1. The van der Waals surface area contributed by atoms with Crippen molar-refractivity contribution in [2.75, 3.05) is 29.0 Å². The molecule has 0 radical (unpaired) electrons. The molecule has 9 nitrogen and oxygen atoms in total. The predicted molar refractivity (Wildman–Crippen MR) is 134 cm³/mol. The van der Waals surface area contributed by atoms with E-state index in [0.717, 1.165) is 42.3 Å². The van der Waals surface area contributed by atoms with Crippen molar-refractivity contribution in [1.29, 1.82) is 0 Å². The maximum Gasteiger partial charge on any atom is 0.573 e. The molecule has 1 saturated heterocycles. The first-order valence-corrected chi connectivity index (χ1v) is 12.3. The molecule has 3 aromatic rings. The van der Waals surface area contributed by atoms with Crippen LogP contribution in [0, 0.1) is 0 Å². The number of benzene rings is 1. The van der Waals surface area contributed by atoms with Crippen molar-refractivity contribution in [3.05, 3.63) is 47.0 Å². The highest BCUT2D eigenvalue weighted by atomic mass is 32.1. The fourth-order valence-electron chi connectivity index (χ4n) is 3.36. The van der Waals surface area contributed by atoms with E-state index < -0.39 is 6.36 Å². The Morgan fingerprint density at radius 1 is 1.14 bits per heavy atom. The Balaban J connectivity index is 0.000000262. The Morgan fingerprint density at radius 3 is 2.39 bits per heavy atom. The van der Waals surface area contributed by atoms with Crippen molar-refractivity contribution < 1.29 is 22.7 Å². The van der Waals surface area contributed by atoms with E-state index in [2.05, 4.69) is 35.3 Å². The number of hydrogen-bond donors (Lipinski definition) is 2. The number of carbonyl (C=O) groups excluding carboxylic acids is 1. The van der Waals surface area contributed by atoms with Crippen LogP contribution in [0.2, 0.25) is 0 Å². The van der Waals surface area contributed by atoms with Gasteiger partial charge in [-0.25, -0.2) is 0 Å². The zero-order valence-electron chi connectivity index (χ0n) is 20.3. The quantitative estimate of drug-likeness (QED) is 0.430. The number of aromatic nitrogens is 4. The third-order valence-corrected chi connectivity index (χ3v) is 5.94. The molecule has 4 rings (SSSR count). The van der Waals surface area contributed by atoms with Crippen molar-refractivity contribution in [3.63, 3.8) is 0 Å². The minimum absolute atomic E-state index is 0.160. The fourth-order valence-corrected chi connectivity index (χ4v) is 4.14. The molecule has 13 heteroatoms. The molecule has 0 bridgehead atoms. The molecule has 0 spiro atoms. The smallest absolute Gasteiger partial charge is 0.406 e. The van der Waals surface area contributed by atoms with Crippen LogP contribution in [-0.2, 0) is 11.2 Å². The van der Waals surface area contributed by atoms with E-state index in [1.807, 2.05) is 26.8 Å². The lowest BCUT2D eigenvalue weighted by Crippen LogP contribution is -2.33. The summed E-state index contributed by atoms with van der Waals surface area (Å²) in [6.07, 6.45) is -1.35. The predicted octanol–water partition coefficient (Wildman–Crippen LogP) is 5.04. The first-order valence-electron chi connectivity index (χ1n) is 11.5. The number of piperidine rings is 1. The van der Waals surface area contributed by atoms with Gasteiger partial charge in [-0.3, -0.25) is 4.79 Å². The average Bonchev–Trinajstić information content (AvgIpc) is 3.32. The first-order chi connectivity index (χ1) is 17.3. The number of ether oxygens (including phenoxy) is 1. The minimum Gasteiger partial charge on any atom is -0.406 e. The topological polar surface area (TPSA) is 119 Å². The first kappa shape index (κ1) is 28.8. The van der Waals surface area contributed by atoms with Crippen LogP contribution < -0.4 is 20.7 Å². The van der Waals surface area contributed by atoms with Gasteiger partial charge in [0.05, 0.1) is 0 Å². The van der Waals surface area contributed by atoms with Gasteiger partial charge in [0.1, 0.15) is 10.8 Å². The summed E-state index contributed by atoms with van der Waals surface area (Å²) in [6.45, 7) is 7.64. The van der Waals surface area contributed by atoms with Crippen LogP contribution in [0.4, 0.5) is 29.9 Å². The zero-order valence-corrected chi connectivity index (χ0v) is 21.1. The molecule has 1 aliphatic heterocycles. The molecule has 196 valence electrons. The summed E-state index contributed by atoms with van der Waals surface area (Å²) in [7, 11) is 0. The Hall–Kier alpha value is -3.48. The zero-order chi connectivity index (χ0) is 26.6. The Labute approximate surface area is 211 Å². The molecule has 1 fully saturated rings. The molecule has 3 N–H and O–H groups in total. The van der Waals surface area contributed by atoms with E-state index in [9.17, 15) is 18.0 Å². The number of halogens is 3. The summed E-state index contributed by atoms with van der Waals surface area (Å²) in [5.41, 5.74) is 6.45. The van der Waals surface area contributed by atoms with Gasteiger partial charge in [0.25, 0.3) is 0 Å². The number of nitrogens with two attached hydrogens (primary N) is 1. The highest BCUT2D eigenvalue weighted by Crippen LogP contribution is 2.32. The number of alkyl halides is 3. The molecular weight excluding hydrogens is 495 g/mol. The highest BCUT2D eigenvalue weighted by molar-refractivity contribution is 7.15. The summed E-state index contributed by atoms with van der Waals surface area (Å²) in [6, 6.07) is 9.57. The number of carbonyl (C=O) groups is 1. The van der Waals surface area contributed by atoms with Gasteiger partial charge in [-0.2, -0.15) is 0 Å². The molecule has 0 saturated carbocycles. The number of nitrogens with one attached hydrogen (secondary N) is 1. The van der Waals surface area contributed by atoms with E-state index in [-0.39, 0.29) is 5.75 Å². The van der Waals surface area contributed by atoms with Crippen molar-refractivity contribution in [3.8, 4) is 5.75 Å². The van der Waals surface area contributed by atoms with Crippen molar-refractivity contribution in [1.82, 2.24) is 20.4 Å². The van der Waals surface area contributed by atoms with E-state index in [0.29, 0.717) is 29.7 Å². The maximum atomic E-state index is 11.8. The molecule has 1 aromatic carbocycles. The number of aryl methyl sites for hydroxylation is 1. The van der Waals surface area contributed by atoms with Gasteiger partial charge in [0, 0.05) is 19.0 Å². The molecule has 0 aliphatic carbocycles. The molecule has 0 unspecified atom stereocenters. The van der Waals surface area contributed by atoms with Gasteiger partial charge >= 0.3 is 6.36 Å². The molecule has 1 amide bonds. The van der Waals surface area contributed by atoms with Crippen molar-refractivity contribution in [2.24, 2.45) is 0 Å². The molecule has 36 heavy (non-hydrogen) atoms. The van der Waals surface area contributed by atoms with Crippen LogP contribution in [-0.4, -0.2) is 46.3 Å². The van der Waals surface area contributed by atoms with Crippen LogP contribution in [0.1, 0.15) is 50.1 Å². The van der Waals surface area contributed by atoms with Crippen LogP contribution in [0.5, 0.6) is 5.75 Å². The van der Waals surface area contributed by atoms with Gasteiger partial charge < -0.3 is 20.7 Å². The molecule has 1 aliphatic rings. The van der Waals surface area contributed by atoms with Gasteiger partial charge in [-0.1, -0.05) is 44.2 Å². The Bertz CT molecular complexity index is 1060. The largest absolute Gasteiger partial charge is 0.573 e. The van der Waals surface area contributed by atoms with Crippen LogP contribution in [0.3, 0.4) is 0 Å². The van der Waals surface area contributed by atoms with Gasteiger partial charge in [-0.15, -0.1) is 33.6 Å².